The van der Waals surface area contributed by atoms with Crippen molar-refractivity contribution in [3.63, 3.8) is 0 Å². The zero-order chi connectivity index (χ0) is 18.8. The molecule has 2 rings (SSSR count). The number of aliphatic hydroxyl groups excluding tert-OH is 1. The molecule has 4 heteroatoms. The SMILES string of the molecule is CC(/C=C/C(=O)Nc1cccc(/C=C/C(=O)CO)c1)=C\c1ccccc1. The zero-order valence-electron chi connectivity index (χ0n) is 14.6. The van der Waals surface area contributed by atoms with E-state index < -0.39 is 6.61 Å². The Balaban J connectivity index is 1.98. The summed E-state index contributed by atoms with van der Waals surface area (Å²) in [6.45, 7) is 1.41. The number of hydrogen-bond acceptors (Lipinski definition) is 3. The Morgan fingerprint density at radius 1 is 0.962 bits per heavy atom. The molecule has 0 saturated heterocycles. The fourth-order valence-corrected chi connectivity index (χ4v) is 2.21. The van der Waals surface area contributed by atoms with Crippen LogP contribution < -0.4 is 5.32 Å². The van der Waals surface area contributed by atoms with E-state index in [1.54, 1.807) is 36.4 Å². The van der Waals surface area contributed by atoms with Gasteiger partial charge in [0.2, 0.25) is 5.91 Å². The second kappa shape index (κ2) is 9.91. The summed E-state index contributed by atoms with van der Waals surface area (Å²) in [7, 11) is 0. The summed E-state index contributed by atoms with van der Waals surface area (Å²) in [5.74, 6) is -0.610. The lowest BCUT2D eigenvalue weighted by molar-refractivity contribution is -0.117. The molecule has 2 aromatic carbocycles. The molecular weight excluding hydrogens is 326 g/mol. The maximum atomic E-state index is 12.1. The quantitative estimate of drug-likeness (QED) is 0.590. The molecule has 0 heterocycles. The van der Waals surface area contributed by atoms with Crippen molar-refractivity contribution >= 4 is 29.5 Å². The topological polar surface area (TPSA) is 66.4 Å². The van der Waals surface area contributed by atoms with Crippen molar-refractivity contribution < 1.29 is 14.7 Å². The van der Waals surface area contributed by atoms with E-state index in [9.17, 15) is 9.59 Å². The number of carbonyl (C=O) groups is 2. The lowest BCUT2D eigenvalue weighted by atomic mass is 10.1. The Labute approximate surface area is 153 Å². The third-order valence-corrected chi connectivity index (χ3v) is 3.46. The van der Waals surface area contributed by atoms with E-state index in [1.807, 2.05) is 43.3 Å². The second-order valence-corrected chi connectivity index (χ2v) is 5.70. The normalized spacial score (nSPS) is 11.8. The first-order chi connectivity index (χ1) is 12.6. The molecule has 0 aromatic heterocycles. The number of anilines is 1. The number of hydrogen-bond donors (Lipinski definition) is 2. The Bertz CT molecular complexity index is 849. The summed E-state index contributed by atoms with van der Waals surface area (Å²) < 4.78 is 0. The predicted molar refractivity (Wildman–Crippen MR) is 105 cm³/mol. The van der Waals surface area contributed by atoms with Crippen LogP contribution in [0.2, 0.25) is 0 Å². The van der Waals surface area contributed by atoms with Gasteiger partial charge in [-0.05, 0) is 36.3 Å². The lowest BCUT2D eigenvalue weighted by Gasteiger charge is -2.03. The monoisotopic (exact) mass is 347 g/mol. The lowest BCUT2D eigenvalue weighted by Crippen LogP contribution is -2.07. The average molecular weight is 347 g/mol. The van der Waals surface area contributed by atoms with E-state index in [2.05, 4.69) is 5.32 Å². The molecule has 0 atom stereocenters. The molecule has 0 radical (unpaired) electrons. The Morgan fingerprint density at radius 3 is 2.42 bits per heavy atom. The van der Waals surface area contributed by atoms with Gasteiger partial charge < -0.3 is 10.4 Å². The molecule has 0 saturated carbocycles. The Hall–Kier alpha value is -3.24. The number of amides is 1. The number of allylic oxidation sites excluding steroid dienone is 2. The maximum Gasteiger partial charge on any atom is 0.248 e. The first-order valence-electron chi connectivity index (χ1n) is 8.21. The molecule has 1 amide bonds. The van der Waals surface area contributed by atoms with Crippen LogP contribution in [0.15, 0.2) is 78.4 Å². The van der Waals surface area contributed by atoms with Crippen molar-refractivity contribution in [2.45, 2.75) is 6.92 Å². The predicted octanol–water partition coefficient (Wildman–Crippen LogP) is 3.86. The van der Waals surface area contributed by atoms with Crippen LogP contribution >= 0.6 is 0 Å². The summed E-state index contributed by atoms with van der Waals surface area (Å²) in [5, 5.41) is 11.5. The highest BCUT2D eigenvalue weighted by Gasteiger charge is 1.99. The zero-order valence-corrected chi connectivity index (χ0v) is 14.6. The largest absolute Gasteiger partial charge is 0.388 e. The molecule has 0 fully saturated rings. The van der Waals surface area contributed by atoms with Crippen LogP contribution in [0.3, 0.4) is 0 Å². The van der Waals surface area contributed by atoms with Crippen LogP contribution in [-0.4, -0.2) is 23.4 Å². The van der Waals surface area contributed by atoms with Crippen molar-refractivity contribution in [3.05, 3.63) is 89.5 Å². The van der Waals surface area contributed by atoms with Crippen LogP contribution in [0.4, 0.5) is 5.69 Å². The molecular formula is C22H21NO3. The highest BCUT2D eigenvalue weighted by molar-refractivity contribution is 6.00. The van der Waals surface area contributed by atoms with Gasteiger partial charge in [0.25, 0.3) is 0 Å². The highest BCUT2D eigenvalue weighted by Crippen LogP contribution is 2.12. The fraction of sp³-hybridized carbons (Fsp3) is 0.0909. The minimum absolute atomic E-state index is 0.238. The van der Waals surface area contributed by atoms with Gasteiger partial charge in [0.15, 0.2) is 5.78 Å². The molecule has 2 aromatic rings. The van der Waals surface area contributed by atoms with Crippen LogP contribution in [0, 0.1) is 0 Å². The van der Waals surface area contributed by atoms with Gasteiger partial charge in [-0.1, -0.05) is 66.3 Å². The van der Waals surface area contributed by atoms with Crippen LogP contribution in [0.25, 0.3) is 12.2 Å². The molecule has 0 unspecified atom stereocenters. The number of carbonyl (C=O) groups excluding carboxylic acids is 2. The van der Waals surface area contributed by atoms with Crippen molar-refractivity contribution in [2.24, 2.45) is 0 Å². The molecule has 26 heavy (non-hydrogen) atoms. The first kappa shape index (κ1) is 19.1. The van der Waals surface area contributed by atoms with E-state index in [4.69, 9.17) is 5.11 Å². The summed E-state index contributed by atoms with van der Waals surface area (Å²) >= 11 is 0. The van der Waals surface area contributed by atoms with Gasteiger partial charge in [-0.25, -0.2) is 0 Å². The number of aliphatic hydroxyl groups is 1. The van der Waals surface area contributed by atoms with Gasteiger partial charge in [-0.2, -0.15) is 0 Å². The molecule has 132 valence electrons. The fourth-order valence-electron chi connectivity index (χ4n) is 2.21. The molecule has 0 aliphatic heterocycles. The molecule has 0 aliphatic rings. The number of nitrogens with one attached hydrogen (secondary N) is 1. The maximum absolute atomic E-state index is 12.1. The van der Waals surface area contributed by atoms with Gasteiger partial charge in [0.05, 0.1) is 0 Å². The van der Waals surface area contributed by atoms with Gasteiger partial charge >= 0.3 is 0 Å². The number of ketones is 1. The van der Waals surface area contributed by atoms with Crippen LogP contribution in [-0.2, 0) is 9.59 Å². The summed E-state index contributed by atoms with van der Waals surface area (Å²) in [6.07, 6.45) is 8.13. The van der Waals surface area contributed by atoms with Crippen LogP contribution in [0.5, 0.6) is 0 Å². The molecule has 0 aliphatic carbocycles. The molecule has 0 spiro atoms. The third-order valence-electron chi connectivity index (χ3n) is 3.46. The van der Waals surface area contributed by atoms with Gasteiger partial charge in [0.1, 0.15) is 6.61 Å². The van der Waals surface area contributed by atoms with E-state index >= 15 is 0 Å². The smallest absolute Gasteiger partial charge is 0.248 e. The molecule has 4 nitrogen and oxygen atoms in total. The van der Waals surface area contributed by atoms with E-state index in [0.717, 1.165) is 16.7 Å². The molecule has 2 N–H and O–H groups in total. The highest BCUT2D eigenvalue weighted by atomic mass is 16.3. The Morgan fingerprint density at radius 2 is 1.69 bits per heavy atom. The van der Waals surface area contributed by atoms with Crippen molar-refractivity contribution in [3.8, 4) is 0 Å². The first-order valence-corrected chi connectivity index (χ1v) is 8.21. The van der Waals surface area contributed by atoms with Crippen molar-refractivity contribution in [2.75, 3.05) is 11.9 Å². The van der Waals surface area contributed by atoms with E-state index in [0.29, 0.717) is 5.69 Å². The van der Waals surface area contributed by atoms with E-state index in [-0.39, 0.29) is 11.7 Å². The summed E-state index contributed by atoms with van der Waals surface area (Å²) in [6, 6.07) is 17.0. The summed E-state index contributed by atoms with van der Waals surface area (Å²) in [4.78, 5) is 23.2. The van der Waals surface area contributed by atoms with Crippen LogP contribution in [0.1, 0.15) is 18.1 Å². The molecule has 0 bridgehead atoms. The third kappa shape index (κ3) is 6.71. The minimum atomic E-state index is -0.520. The standard InChI is InChI=1S/C22H21NO3/c1-17(14-18-6-3-2-4-7-18)10-13-22(26)23-20-9-5-8-19(15-20)11-12-21(25)16-24/h2-15,24H,16H2,1H3,(H,23,26)/b12-11+,13-10+,17-14+. The van der Waals surface area contributed by atoms with E-state index in [1.165, 1.54) is 12.2 Å². The van der Waals surface area contributed by atoms with Gasteiger partial charge in [-0.3, -0.25) is 9.59 Å². The number of rotatable bonds is 7. The minimum Gasteiger partial charge on any atom is -0.388 e. The van der Waals surface area contributed by atoms with Crippen molar-refractivity contribution in [1.29, 1.82) is 0 Å². The summed E-state index contributed by atoms with van der Waals surface area (Å²) in [5.41, 5.74) is 3.43. The van der Waals surface area contributed by atoms with Gasteiger partial charge in [-0.15, -0.1) is 0 Å². The average Bonchev–Trinajstić information content (AvgIpc) is 2.65. The van der Waals surface area contributed by atoms with Crippen molar-refractivity contribution in [1.82, 2.24) is 0 Å². The Kier molecular flexibility index (Phi) is 7.28. The number of benzene rings is 2. The van der Waals surface area contributed by atoms with Gasteiger partial charge in [0, 0.05) is 11.8 Å². The second-order valence-electron chi connectivity index (χ2n) is 5.70.